The number of nitrogens with zero attached hydrogens (tertiary/aromatic N) is 6. The second-order valence-electron chi connectivity index (χ2n) is 5.55. The van der Waals surface area contributed by atoms with E-state index < -0.39 is 6.04 Å². The lowest BCUT2D eigenvalue weighted by Gasteiger charge is -2.14. The Labute approximate surface area is 163 Å². The minimum absolute atomic E-state index is 0.337. The minimum atomic E-state index is -0.465. The van der Waals surface area contributed by atoms with Gasteiger partial charge in [0.25, 0.3) is 5.91 Å². The molecule has 8 nitrogen and oxygen atoms in total. The maximum atomic E-state index is 12.6. The lowest BCUT2D eigenvalue weighted by Crippen LogP contribution is -2.28. The van der Waals surface area contributed by atoms with Crippen molar-refractivity contribution in [3.8, 4) is 11.9 Å². The van der Waals surface area contributed by atoms with Gasteiger partial charge in [-0.3, -0.25) is 4.79 Å². The van der Waals surface area contributed by atoms with E-state index >= 15 is 0 Å². The first-order valence-corrected chi connectivity index (χ1v) is 8.56. The van der Waals surface area contributed by atoms with Gasteiger partial charge in [-0.05, 0) is 37.3 Å². The summed E-state index contributed by atoms with van der Waals surface area (Å²) in [6, 6.07) is 9.63. The number of carbonyl (C=O) groups excluding carboxylic acids is 1. The lowest BCUT2D eigenvalue weighted by molar-refractivity contribution is 0.0938. The van der Waals surface area contributed by atoms with E-state index in [1.165, 1.54) is 23.3 Å². The van der Waals surface area contributed by atoms with Gasteiger partial charge in [-0.15, -0.1) is 0 Å². The maximum Gasteiger partial charge on any atom is 0.250 e. The van der Waals surface area contributed by atoms with E-state index in [0.717, 1.165) is 0 Å². The van der Waals surface area contributed by atoms with E-state index in [1.54, 1.807) is 31.2 Å². The number of halogens is 1. The van der Waals surface area contributed by atoms with Crippen LogP contribution in [0.15, 0.2) is 47.3 Å². The molecule has 1 amide bonds. The molecule has 0 unspecified atom stereocenters. The van der Waals surface area contributed by atoms with E-state index in [2.05, 4.69) is 41.2 Å². The summed E-state index contributed by atoms with van der Waals surface area (Å²) in [5, 5.41) is 15.9. The molecule has 0 spiro atoms. The van der Waals surface area contributed by atoms with E-state index in [-0.39, 0.29) is 5.91 Å². The Hall–Kier alpha value is -3.56. The summed E-state index contributed by atoms with van der Waals surface area (Å²) in [7, 11) is 0. The molecule has 0 saturated heterocycles. The predicted molar refractivity (Wildman–Crippen MR) is 100 cm³/mol. The summed E-state index contributed by atoms with van der Waals surface area (Å²) in [5.74, 6) is 0.636. The third-order valence-electron chi connectivity index (χ3n) is 3.68. The largest absolute Gasteiger partial charge is 0.342 e. The van der Waals surface area contributed by atoms with Gasteiger partial charge >= 0.3 is 0 Å². The van der Waals surface area contributed by atoms with Gasteiger partial charge in [0.2, 0.25) is 0 Å². The van der Waals surface area contributed by atoms with Crippen molar-refractivity contribution in [1.29, 1.82) is 5.26 Å². The molecular weight excluding hydrogens is 410 g/mol. The number of benzene rings is 1. The second kappa shape index (κ2) is 7.77. The number of carbonyl (C=O) groups is 1. The monoisotopic (exact) mass is 421 g/mol. The summed E-state index contributed by atoms with van der Waals surface area (Å²) in [6.45, 7) is 8.88. The Kier molecular flexibility index (Phi) is 5.25. The predicted octanol–water partition coefficient (Wildman–Crippen LogP) is 3.34. The molecule has 0 fully saturated rings. The Morgan fingerprint density at radius 3 is 2.85 bits per heavy atom. The van der Waals surface area contributed by atoms with Gasteiger partial charge < -0.3 is 5.32 Å². The van der Waals surface area contributed by atoms with E-state index in [9.17, 15) is 4.79 Å². The molecule has 2 heterocycles. The van der Waals surface area contributed by atoms with Crippen LogP contribution in [0.3, 0.4) is 0 Å². The molecule has 0 saturated carbocycles. The highest BCUT2D eigenvalue weighted by Gasteiger charge is 2.18. The van der Waals surface area contributed by atoms with Gasteiger partial charge in [-0.25, -0.2) is 14.8 Å². The number of pyridine rings is 1. The number of amides is 1. The number of aromatic nitrogens is 4. The molecule has 0 aliphatic heterocycles. The molecule has 3 rings (SSSR count). The van der Waals surface area contributed by atoms with Crippen LogP contribution in [0.5, 0.6) is 0 Å². The SMILES string of the molecule is [C-]#[N+]c1cc(Br)cc(C(=O)N[C@@H](C)c2ncnn2-c2ccc(C#N)cn2)c1. The van der Waals surface area contributed by atoms with Gasteiger partial charge in [-0.1, -0.05) is 15.9 Å². The third-order valence-corrected chi connectivity index (χ3v) is 4.13. The molecule has 1 aromatic carbocycles. The summed E-state index contributed by atoms with van der Waals surface area (Å²) < 4.78 is 2.15. The summed E-state index contributed by atoms with van der Waals surface area (Å²) in [4.78, 5) is 24.3. The van der Waals surface area contributed by atoms with Gasteiger partial charge in [0.05, 0.1) is 18.2 Å². The fourth-order valence-corrected chi connectivity index (χ4v) is 2.90. The number of nitrogens with one attached hydrogen (secondary N) is 1. The number of nitriles is 1. The first kappa shape index (κ1) is 18.2. The molecule has 1 N–H and O–H groups in total. The quantitative estimate of drug-likeness (QED) is 0.650. The van der Waals surface area contributed by atoms with Crippen LogP contribution in [0.2, 0.25) is 0 Å². The normalized spacial score (nSPS) is 11.3. The molecule has 2 aromatic heterocycles. The number of rotatable bonds is 4. The van der Waals surface area contributed by atoms with Crippen molar-refractivity contribution in [2.75, 3.05) is 0 Å². The molecule has 132 valence electrons. The van der Waals surface area contributed by atoms with Gasteiger partial charge in [-0.2, -0.15) is 15.0 Å². The van der Waals surface area contributed by atoms with Gasteiger partial charge in [0.15, 0.2) is 17.3 Å². The first-order valence-electron chi connectivity index (χ1n) is 7.77. The molecule has 27 heavy (non-hydrogen) atoms. The highest BCUT2D eigenvalue weighted by atomic mass is 79.9. The lowest BCUT2D eigenvalue weighted by atomic mass is 10.1. The van der Waals surface area contributed by atoms with E-state index in [4.69, 9.17) is 11.8 Å². The van der Waals surface area contributed by atoms with Crippen LogP contribution in [0.1, 0.15) is 34.7 Å². The van der Waals surface area contributed by atoms with Crippen molar-refractivity contribution in [2.45, 2.75) is 13.0 Å². The number of hydrogen-bond donors (Lipinski definition) is 1. The molecular formula is C18H12BrN7O. The van der Waals surface area contributed by atoms with Crippen LogP contribution in [0, 0.1) is 17.9 Å². The summed E-state index contributed by atoms with van der Waals surface area (Å²) in [6.07, 6.45) is 2.81. The Morgan fingerprint density at radius 1 is 1.37 bits per heavy atom. The Bertz CT molecular complexity index is 1080. The van der Waals surface area contributed by atoms with Crippen molar-refractivity contribution < 1.29 is 4.79 Å². The van der Waals surface area contributed by atoms with Crippen LogP contribution in [-0.4, -0.2) is 25.7 Å². The molecule has 9 heteroatoms. The molecule has 0 bridgehead atoms. The molecule has 0 aliphatic carbocycles. The molecule has 0 aliphatic rings. The summed E-state index contributed by atoms with van der Waals surface area (Å²) in [5.41, 5.74) is 1.17. The van der Waals surface area contributed by atoms with Crippen LogP contribution >= 0.6 is 15.9 Å². The van der Waals surface area contributed by atoms with Gasteiger partial charge in [0.1, 0.15) is 12.4 Å². The zero-order valence-electron chi connectivity index (χ0n) is 14.1. The van der Waals surface area contributed by atoms with Crippen LogP contribution < -0.4 is 5.32 Å². The second-order valence-corrected chi connectivity index (χ2v) is 6.47. The van der Waals surface area contributed by atoms with Crippen molar-refractivity contribution in [3.05, 3.63) is 75.7 Å². The fraction of sp³-hybridized carbons (Fsp3) is 0.111. The average molecular weight is 422 g/mol. The maximum absolute atomic E-state index is 12.6. The van der Waals surface area contributed by atoms with E-state index in [0.29, 0.717) is 32.9 Å². The zero-order chi connectivity index (χ0) is 19.4. The van der Waals surface area contributed by atoms with Gasteiger partial charge in [0, 0.05) is 16.2 Å². The molecule has 3 aromatic rings. The molecule has 0 radical (unpaired) electrons. The standard InChI is InChI=1S/C18H12BrN7O/c1-11(25-18(27)13-5-14(19)7-15(6-13)21-2)17-23-10-24-26(17)16-4-3-12(8-20)9-22-16/h3-7,9-11H,1H3,(H,25,27)/t11-/m0/s1. The Morgan fingerprint density at radius 2 is 2.19 bits per heavy atom. The van der Waals surface area contributed by atoms with Crippen LogP contribution in [-0.2, 0) is 0 Å². The third kappa shape index (κ3) is 4.00. The van der Waals surface area contributed by atoms with Crippen LogP contribution in [0.4, 0.5) is 5.69 Å². The van der Waals surface area contributed by atoms with E-state index in [1.807, 2.05) is 6.07 Å². The average Bonchev–Trinajstić information content (AvgIpc) is 3.17. The fourth-order valence-electron chi connectivity index (χ4n) is 2.41. The van der Waals surface area contributed by atoms with Crippen molar-refractivity contribution in [2.24, 2.45) is 0 Å². The first-order chi connectivity index (χ1) is 13.0. The topological polar surface area (TPSA) is 101 Å². The smallest absolute Gasteiger partial charge is 0.250 e. The summed E-state index contributed by atoms with van der Waals surface area (Å²) >= 11 is 3.30. The number of hydrogen-bond acceptors (Lipinski definition) is 5. The Balaban J connectivity index is 1.83. The van der Waals surface area contributed by atoms with Crippen molar-refractivity contribution >= 4 is 27.5 Å². The van der Waals surface area contributed by atoms with Crippen LogP contribution in [0.25, 0.3) is 10.7 Å². The zero-order valence-corrected chi connectivity index (χ0v) is 15.7. The highest BCUT2D eigenvalue weighted by Crippen LogP contribution is 2.22. The highest BCUT2D eigenvalue weighted by molar-refractivity contribution is 9.10. The minimum Gasteiger partial charge on any atom is -0.342 e. The van der Waals surface area contributed by atoms with Crippen molar-refractivity contribution in [1.82, 2.24) is 25.1 Å². The van der Waals surface area contributed by atoms with Crippen molar-refractivity contribution in [3.63, 3.8) is 0 Å². The molecule has 1 atom stereocenters.